The van der Waals surface area contributed by atoms with Gasteiger partial charge in [0.25, 0.3) is 5.91 Å². The number of barbiturate groups is 1. The molecular weight excluding hydrogens is 366 g/mol. The van der Waals surface area contributed by atoms with E-state index in [9.17, 15) is 19.2 Å². The highest BCUT2D eigenvalue weighted by atomic mass is 16.6. The molecular formula is C19H25N3O6. The molecule has 0 aliphatic carbocycles. The topological polar surface area (TPSA) is 128 Å². The first-order chi connectivity index (χ1) is 13.2. The molecule has 1 aliphatic rings. The van der Waals surface area contributed by atoms with E-state index in [2.05, 4.69) is 5.32 Å². The van der Waals surface area contributed by atoms with Crippen molar-refractivity contribution in [2.75, 3.05) is 13.2 Å². The first kappa shape index (κ1) is 21.4. The summed E-state index contributed by atoms with van der Waals surface area (Å²) in [5, 5.41) is 2.24. The Kier molecular flexibility index (Phi) is 6.74. The van der Waals surface area contributed by atoms with Crippen LogP contribution in [0.5, 0.6) is 0 Å². The van der Waals surface area contributed by atoms with E-state index >= 15 is 0 Å². The fraction of sp³-hybridized carbons (Fsp3) is 0.474. The van der Waals surface area contributed by atoms with Gasteiger partial charge in [-0.15, -0.1) is 0 Å². The molecule has 28 heavy (non-hydrogen) atoms. The number of carbonyl (C=O) groups is 4. The van der Waals surface area contributed by atoms with Crippen molar-refractivity contribution in [2.45, 2.75) is 44.8 Å². The second-order valence-electron chi connectivity index (χ2n) is 6.74. The van der Waals surface area contributed by atoms with Gasteiger partial charge in [0.05, 0.1) is 19.3 Å². The lowest BCUT2D eigenvalue weighted by Crippen LogP contribution is -2.67. The van der Waals surface area contributed by atoms with Gasteiger partial charge < -0.3 is 15.2 Å². The second-order valence-corrected chi connectivity index (χ2v) is 6.74. The molecule has 0 spiro atoms. The average molecular weight is 391 g/mol. The SMILES string of the molecule is CCC1(c2ccccc2)C(=O)NC(=O)N(CC(COC(C)C)OC(N)=O)C1=O. The number of urea groups is 1. The van der Waals surface area contributed by atoms with E-state index in [1.54, 1.807) is 51.1 Å². The van der Waals surface area contributed by atoms with Crippen molar-refractivity contribution < 1.29 is 28.7 Å². The van der Waals surface area contributed by atoms with Crippen molar-refractivity contribution in [3.63, 3.8) is 0 Å². The third-order valence-electron chi connectivity index (χ3n) is 4.54. The van der Waals surface area contributed by atoms with Gasteiger partial charge in [0.15, 0.2) is 5.41 Å². The first-order valence-electron chi connectivity index (χ1n) is 9.03. The lowest BCUT2D eigenvalue weighted by molar-refractivity contribution is -0.147. The van der Waals surface area contributed by atoms with Gasteiger partial charge in [0, 0.05) is 0 Å². The molecule has 1 aromatic rings. The highest BCUT2D eigenvalue weighted by Crippen LogP contribution is 2.33. The van der Waals surface area contributed by atoms with Gasteiger partial charge in [0.2, 0.25) is 5.91 Å². The molecule has 0 bridgehead atoms. The smallest absolute Gasteiger partial charge is 0.404 e. The lowest BCUT2D eigenvalue weighted by atomic mass is 9.74. The zero-order valence-corrected chi connectivity index (χ0v) is 16.1. The quantitative estimate of drug-likeness (QED) is 0.643. The zero-order valence-electron chi connectivity index (χ0n) is 16.1. The van der Waals surface area contributed by atoms with E-state index in [-0.39, 0.29) is 25.7 Å². The second kappa shape index (κ2) is 8.83. The summed E-state index contributed by atoms with van der Waals surface area (Å²) in [5.41, 5.74) is 4.02. The number of hydrogen-bond acceptors (Lipinski definition) is 6. The summed E-state index contributed by atoms with van der Waals surface area (Å²) in [6, 6.07) is 7.63. The van der Waals surface area contributed by atoms with E-state index in [4.69, 9.17) is 15.2 Å². The molecule has 1 heterocycles. The molecule has 0 radical (unpaired) electrons. The Hall–Kier alpha value is -2.94. The number of imide groups is 2. The van der Waals surface area contributed by atoms with E-state index in [0.717, 1.165) is 4.90 Å². The average Bonchev–Trinajstić information content (AvgIpc) is 2.64. The number of primary amides is 1. The fourth-order valence-corrected chi connectivity index (χ4v) is 3.14. The Morgan fingerprint density at radius 1 is 1.21 bits per heavy atom. The van der Waals surface area contributed by atoms with Crippen LogP contribution in [0.2, 0.25) is 0 Å². The molecule has 2 unspecified atom stereocenters. The van der Waals surface area contributed by atoms with E-state index in [1.165, 1.54) is 0 Å². The highest BCUT2D eigenvalue weighted by Gasteiger charge is 2.54. The molecule has 2 atom stereocenters. The lowest BCUT2D eigenvalue weighted by Gasteiger charge is -2.40. The first-order valence-corrected chi connectivity index (χ1v) is 9.03. The summed E-state index contributed by atoms with van der Waals surface area (Å²) >= 11 is 0. The zero-order chi connectivity index (χ0) is 20.9. The van der Waals surface area contributed by atoms with Crippen LogP contribution in [0.25, 0.3) is 0 Å². The normalized spacial score (nSPS) is 20.9. The molecule has 1 saturated heterocycles. The van der Waals surface area contributed by atoms with Crippen molar-refractivity contribution in [3.05, 3.63) is 35.9 Å². The standard InChI is InChI=1S/C19H25N3O6/c1-4-19(13-8-6-5-7-9-13)15(23)21-18(26)22(16(19)24)10-14(28-17(20)25)11-27-12(2)3/h5-9,12,14H,4,10-11H2,1-3H3,(H2,20,25)(H,21,23,26). The Morgan fingerprint density at radius 3 is 2.39 bits per heavy atom. The predicted octanol–water partition coefficient (Wildman–Crippen LogP) is 1.30. The van der Waals surface area contributed by atoms with Crippen molar-refractivity contribution in [3.8, 4) is 0 Å². The molecule has 3 N–H and O–H groups in total. The summed E-state index contributed by atoms with van der Waals surface area (Å²) in [6.07, 6.45) is -2.03. The van der Waals surface area contributed by atoms with Gasteiger partial charge >= 0.3 is 12.1 Å². The molecule has 9 nitrogen and oxygen atoms in total. The highest BCUT2D eigenvalue weighted by molar-refractivity contribution is 6.22. The molecule has 1 aliphatic heterocycles. The fourth-order valence-electron chi connectivity index (χ4n) is 3.14. The summed E-state index contributed by atoms with van der Waals surface area (Å²) in [6.45, 7) is 4.92. The van der Waals surface area contributed by atoms with E-state index < -0.39 is 35.5 Å². The van der Waals surface area contributed by atoms with Crippen LogP contribution in [0.15, 0.2) is 30.3 Å². The monoisotopic (exact) mass is 391 g/mol. The van der Waals surface area contributed by atoms with Crippen molar-refractivity contribution >= 4 is 23.9 Å². The number of ether oxygens (including phenoxy) is 2. The van der Waals surface area contributed by atoms with Crippen molar-refractivity contribution in [2.24, 2.45) is 5.73 Å². The maximum absolute atomic E-state index is 13.3. The van der Waals surface area contributed by atoms with E-state index in [0.29, 0.717) is 5.56 Å². The van der Waals surface area contributed by atoms with Gasteiger partial charge in [-0.25, -0.2) is 9.59 Å². The van der Waals surface area contributed by atoms with Crippen LogP contribution < -0.4 is 11.1 Å². The number of hydrogen-bond donors (Lipinski definition) is 2. The number of nitrogens with two attached hydrogens (primary N) is 1. The minimum Gasteiger partial charge on any atom is -0.442 e. The number of benzene rings is 1. The number of nitrogens with one attached hydrogen (secondary N) is 1. The number of nitrogens with zero attached hydrogens (tertiary/aromatic N) is 1. The van der Waals surface area contributed by atoms with Gasteiger partial charge in [-0.3, -0.25) is 19.8 Å². The molecule has 2 rings (SSSR count). The molecule has 152 valence electrons. The molecule has 1 fully saturated rings. The molecule has 0 aromatic heterocycles. The third-order valence-corrected chi connectivity index (χ3v) is 4.54. The minimum atomic E-state index is -1.55. The molecule has 5 amide bonds. The van der Waals surface area contributed by atoms with Gasteiger partial charge in [-0.1, -0.05) is 37.3 Å². The van der Waals surface area contributed by atoms with Crippen molar-refractivity contribution in [1.82, 2.24) is 10.2 Å². The van der Waals surface area contributed by atoms with Crippen LogP contribution in [0.3, 0.4) is 0 Å². The summed E-state index contributed by atoms with van der Waals surface area (Å²) in [4.78, 5) is 50.4. The summed E-state index contributed by atoms with van der Waals surface area (Å²) in [7, 11) is 0. The van der Waals surface area contributed by atoms with Crippen LogP contribution in [0.4, 0.5) is 9.59 Å². The molecule has 0 saturated carbocycles. The van der Waals surface area contributed by atoms with E-state index in [1.807, 2.05) is 0 Å². The van der Waals surface area contributed by atoms with Gasteiger partial charge in [-0.2, -0.15) is 0 Å². The van der Waals surface area contributed by atoms with Crippen molar-refractivity contribution in [1.29, 1.82) is 0 Å². The van der Waals surface area contributed by atoms with Gasteiger partial charge in [-0.05, 0) is 25.8 Å². The number of carbonyl (C=O) groups excluding carboxylic acids is 4. The number of amides is 5. The summed E-state index contributed by atoms with van der Waals surface area (Å²) in [5.74, 6) is -1.36. The van der Waals surface area contributed by atoms with Gasteiger partial charge in [0.1, 0.15) is 6.10 Å². The maximum Gasteiger partial charge on any atom is 0.404 e. The van der Waals surface area contributed by atoms with Crippen LogP contribution in [-0.4, -0.2) is 54.2 Å². The molecule has 9 heteroatoms. The molecule has 1 aromatic carbocycles. The maximum atomic E-state index is 13.3. The predicted molar refractivity (Wildman–Crippen MR) is 99.2 cm³/mol. The Labute approximate surface area is 163 Å². The largest absolute Gasteiger partial charge is 0.442 e. The summed E-state index contributed by atoms with van der Waals surface area (Å²) < 4.78 is 10.4. The Balaban J connectivity index is 2.34. The van der Waals surface area contributed by atoms with Crippen LogP contribution in [0.1, 0.15) is 32.8 Å². The van der Waals surface area contributed by atoms with Crippen LogP contribution in [-0.2, 0) is 24.5 Å². The Bertz CT molecular complexity index is 751. The Morgan fingerprint density at radius 2 is 1.86 bits per heavy atom. The third kappa shape index (κ3) is 4.30. The minimum absolute atomic E-state index is 0.0594. The van der Waals surface area contributed by atoms with Crippen LogP contribution >= 0.6 is 0 Å². The van der Waals surface area contributed by atoms with Crippen LogP contribution in [0, 0.1) is 0 Å². The number of rotatable bonds is 8.